The molecule has 182 valence electrons. The summed E-state index contributed by atoms with van der Waals surface area (Å²) in [5.74, 6) is 1.96. The van der Waals surface area contributed by atoms with Crippen molar-refractivity contribution < 1.29 is 14.2 Å². The third kappa shape index (κ3) is 4.32. The zero-order chi connectivity index (χ0) is 24.4. The first kappa shape index (κ1) is 23.0. The fourth-order valence-corrected chi connectivity index (χ4v) is 6.31. The van der Waals surface area contributed by atoms with Crippen molar-refractivity contribution in [2.75, 3.05) is 13.1 Å². The first-order valence-electron chi connectivity index (χ1n) is 13.0. The average Bonchev–Trinajstić information content (AvgIpc) is 2.94. The van der Waals surface area contributed by atoms with Crippen molar-refractivity contribution in [2.45, 2.75) is 31.6 Å². The predicted octanol–water partition coefficient (Wildman–Crippen LogP) is 6.90. The normalized spacial score (nSPS) is 25.9. The summed E-state index contributed by atoms with van der Waals surface area (Å²) in [4.78, 5) is 11.6. The van der Waals surface area contributed by atoms with Gasteiger partial charge in [0, 0.05) is 30.3 Å². The van der Waals surface area contributed by atoms with Gasteiger partial charge >= 0.3 is 0 Å². The Balaban J connectivity index is 1.44. The van der Waals surface area contributed by atoms with Crippen LogP contribution in [0.3, 0.4) is 0 Å². The van der Waals surface area contributed by atoms with Crippen LogP contribution in [0.1, 0.15) is 30.1 Å². The van der Waals surface area contributed by atoms with E-state index in [-0.39, 0.29) is 12.1 Å². The zero-order valence-electron chi connectivity index (χ0n) is 20.6. The van der Waals surface area contributed by atoms with E-state index in [1.807, 2.05) is 36.5 Å². The number of quaternary nitrogens is 1. The molecule has 0 spiro atoms. The molecule has 0 aliphatic carbocycles. The maximum Gasteiger partial charge on any atom is 0.190 e. The van der Waals surface area contributed by atoms with Crippen LogP contribution >= 0.6 is 0 Å². The molecular weight excluding hydrogens is 444 g/mol. The number of hydroxylamine groups is 3. The summed E-state index contributed by atoms with van der Waals surface area (Å²) in [5, 5.41) is 1.15. The van der Waals surface area contributed by atoms with Crippen LogP contribution < -0.4 is 4.84 Å². The molecule has 0 N–H and O–H groups in total. The Morgan fingerprint density at radius 1 is 0.944 bits per heavy atom. The molecule has 4 heterocycles. The van der Waals surface area contributed by atoms with Crippen LogP contribution in [0.25, 0.3) is 10.9 Å². The number of hydrogen-bond donors (Lipinski definition) is 0. The molecule has 2 bridgehead atoms. The van der Waals surface area contributed by atoms with Gasteiger partial charge in [-0.25, -0.2) is 0 Å². The number of rotatable bonds is 8. The molecule has 36 heavy (non-hydrogen) atoms. The predicted molar refractivity (Wildman–Crippen MR) is 143 cm³/mol. The minimum Gasteiger partial charge on any atom is -0.362 e. The van der Waals surface area contributed by atoms with E-state index >= 15 is 0 Å². The number of piperidine rings is 3. The van der Waals surface area contributed by atoms with Gasteiger partial charge in [-0.1, -0.05) is 72.8 Å². The molecule has 3 aliphatic rings. The summed E-state index contributed by atoms with van der Waals surface area (Å²) in [6.45, 7) is 6.63. The fourth-order valence-electron chi connectivity index (χ4n) is 6.31. The number of pyridine rings is 1. The smallest absolute Gasteiger partial charge is 0.190 e. The van der Waals surface area contributed by atoms with E-state index in [9.17, 15) is 0 Å². The molecule has 0 radical (unpaired) electrons. The van der Waals surface area contributed by atoms with Gasteiger partial charge in [0.15, 0.2) is 11.8 Å². The topological polar surface area (TPSA) is 31.4 Å². The van der Waals surface area contributed by atoms with Crippen LogP contribution in [0.4, 0.5) is 0 Å². The molecule has 4 aromatic rings. The van der Waals surface area contributed by atoms with Crippen LogP contribution in [-0.2, 0) is 11.3 Å². The monoisotopic (exact) mass is 477 g/mol. The van der Waals surface area contributed by atoms with E-state index in [0.29, 0.717) is 23.1 Å². The number of para-hydroxylation sites is 2. The Labute approximate surface area is 213 Å². The van der Waals surface area contributed by atoms with Crippen molar-refractivity contribution >= 4 is 10.9 Å². The van der Waals surface area contributed by atoms with E-state index in [1.54, 1.807) is 0 Å². The van der Waals surface area contributed by atoms with E-state index in [1.165, 1.54) is 11.1 Å². The first-order chi connectivity index (χ1) is 17.8. The Bertz CT molecular complexity index is 1320. The highest BCUT2D eigenvalue weighted by Gasteiger charge is 2.57. The lowest BCUT2D eigenvalue weighted by atomic mass is 9.73. The van der Waals surface area contributed by atoms with Gasteiger partial charge in [0.2, 0.25) is 0 Å². The van der Waals surface area contributed by atoms with E-state index in [0.717, 1.165) is 42.6 Å². The highest BCUT2D eigenvalue weighted by molar-refractivity contribution is 5.82. The second kappa shape index (κ2) is 9.88. The van der Waals surface area contributed by atoms with Crippen molar-refractivity contribution in [3.05, 3.63) is 121 Å². The molecule has 3 aromatic carbocycles. The van der Waals surface area contributed by atoms with Gasteiger partial charge < -0.3 is 9.57 Å². The largest absolute Gasteiger partial charge is 0.362 e. The molecule has 0 saturated carbocycles. The summed E-state index contributed by atoms with van der Waals surface area (Å²) in [6.07, 6.45) is 6.11. The molecule has 7 rings (SSSR count). The molecule has 4 nitrogen and oxygen atoms in total. The fraction of sp³-hybridized carbons (Fsp3) is 0.281. The zero-order valence-corrected chi connectivity index (χ0v) is 20.6. The summed E-state index contributed by atoms with van der Waals surface area (Å²) in [6, 6.07) is 31.4. The lowest BCUT2D eigenvalue weighted by molar-refractivity contribution is -1.11. The summed E-state index contributed by atoms with van der Waals surface area (Å²) in [7, 11) is 0. The molecule has 5 atom stereocenters. The van der Waals surface area contributed by atoms with Crippen molar-refractivity contribution in [1.82, 2.24) is 4.98 Å². The van der Waals surface area contributed by atoms with Gasteiger partial charge in [0.1, 0.15) is 19.2 Å². The number of benzene rings is 3. The van der Waals surface area contributed by atoms with Crippen LogP contribution in [0.5, 0.6) is 5.75 Å². The second-order valence-corrected chi connectivity index (χ2v) is 10.1. The summed E-state index contributed by atoms with van der Waals surface area (Å²) < 4.78 is 7.46. The summed E-state index contributed by atoms with van der Waals surface area (Å²) in [5.41, 5.74) is 3.37. The molecule has 0 amide bonds. The van der Waals surface area contributed by atoms with E-state index in [2.05, 4.69) is 78.3 Å². The number of fused-ring (bicyclic) bond motifs is 4. The van der Waals surface area contributed by atoms with Gasteiger partial charge in [-0.2, -0.15) is 0 Å². The molecule has 3 saturated heterocycles. The van der Waals surface area contributed by atoms with Crippen molar-refractivity contribution in [3.8, 4) is 5.75 Å². The Kier molecular flexibility index (Phi) is 6.30. The van der Waals surface area contributed by atoms with E-state index in [4.69, 9.17) is 9.57 Å². The number of aromatic nitrogens is 1. The lowest BCUT2D eigenvalue weighted by Crippen LogP contribution is -2.69. The van der Waals surface area contributed by atoms with Crippen molar-refractivity contribution in [2.24, 2.45) is 11.8 Å². The molecule has 1 aromatic heterocycles. The number of ether oxygens (including phenoxy) is 1. The van der Waals surface area contributed by atoms with Gasteiger partial charge in [-0.05, 0) is 41.3 Å². The first-order valence-corrected chi connectivity index (χ1v) is 13.0. The third-order valence-corrected chi connectivity index (χ3v) is 8.10. The number of nitrogens with zero attached hydrogens (tertiary/aromatic N) is 2. The van der Waals surface area contributed by atoms with Crippen LogP contribution in [0, 0.1) is 11.8 Å². The van der Waals surface area contributed by atoms with Gasteiger partial charge in [-0.15, -0.1) is 11.2 Å². The quantitative estimate of drug-likeness (QED) is 0.204. The molecule has 5 unspecified atom stereocenters. The third-order valence-electron chi connectivity index (χ3n) is 8.10. The SMILES string of the molecule is C=CC1C[N+]2(Oc3ccccc3)CCC1CC2C(OCc1ccccc1)c1ccnc2ccccc12. The maximum atomic E-state index is 6.94. The van der Waals surface area contributed by atoms with Crippen molar-refractivity contribution in [3.63, 3.8) is 0 Å². The molecule has 3 fully saturated rings. The van der Waals surface area contributed by atoms with Crippen LogP contribution in [0.15, 0.2) is 110 Å². The highest BCUT2D eigenvalue weighted by Crippen LogP contribution is 2.48. The van der Waals surface area contributed by atoms with Crippen molar-refractivity contribution in [1.29, 1.82) is 0 Å². The Morgan fingerprint density at radius 3 is 2.50 bits per heavy atom. The Hall–Kier alpha value is -3.47. The standard InChI is InChI=1S/C32H33N2O2/c1-2-25-22-34(36-27-13-7-4-8-14-27)20-18-26(25)21-31(34)32(35-23-24-11-5-3-6-12-24)29-17-19-33-30-16-10-9-15-28(29)30/h2-17,19,25-26,31-32H,1,18,20-23H2/q+1. The van der Waals surface area contributed by atoms with Gasteiger partial charge in [0.05, 0.1) is 12.1 Å². The highest BCUT2D eigenvalue weighted by atomic mass is 16.7. The maximum absolute atomic E-state index is 6.94. The van der Waals surface area contributed by atoms with Gasteiger partial charge in [0.25, 0.3) is 0 Å². The number of hydrogen-bond acceptors (Lipinski definition) is 3. The molecule has 3 aliphatic heterocycles. The van der Waals surface area contributed by atoms with Crippen LogP contribution in [-0.4, -0.2) is 28.8 Å². The molecule has 4 heteroatoms. The molecular formula is C32H33N2O2+. The average molecular weight is 478 g/mol. The lowest BCUT2D eigenvalue weighted by Gasteiger charge is -2.55. The van der Waals surface area contributed by atoms with Gasteiger partial charge in [-0.3, -0.25) is 4.98 Å². The second-order valence-electron chi connectivity index (χ2n) is 10.1. The van der Waals surface area contributed by atoms with Crippen LogP contribution in [0.2, 0.25) is 0 Å². The Morgan fingerprint density at radius 2 is 1.69 bits per heavy atom. The van der Waals surface area contributed by atoms with E-state index < -0.39 is 0 Å². The summed E-state index contributed by atoms with van der Waals surface area (Å²) >= 11 is 0. The minimum atomic E-state index is -0.129. The minimum absolute atomic E-state index is 0.129.